The van der Waals surface area contributed by atoms with Crippen LogP contribution in [0.4, 0.5) is 4.39 Å². The number of carboxylic acid groups (broad SMARTS) is 1. The van der Waals surface area contributed by atoms with E-state index in [1.807, 2.05) is 0 Å². The number of carboxylic acids is 1. The maximum Gasteiger partial charge on any atom is 0.340 e. The molecule has 5 nitrogen and oxygen atoms in total. The van der Waals surface area contributed by atoms with Crippen LogP contribution >= 0.6 is 0 Å². The summed E-state index contributed by atoms with van der Waals surface area (Å²) in [5, 5.41) is 19.5. The molecule has 0 fully saturated rings. The molecule has 1 heterocycles. The number of hydrogen-bond acceptors (Lipinski definition) is 4. The maximum atomic E-state index is 13.0. The zero-order chi connectivity index (χ0) is 15.9. The molecule has 0 aliphatic heterocycles. The number of aromatic carboxylic acids is 1. The number of benzene rings is 2. The Morgan fingerprint density at radius 3 is 2.50 bits per heavy atom. The minimum atomic E-state index is -1.21. The van der Waals surface area contributed by atoms with Gasteiger partial charge in [-0.05, 0) is 30.3 Å². The first-order chi connectivity index (χ1) is 10.5. The molecule has 0 atom stereocenters. The quantitative estimate of drug-likeness (QED) is 0.772. The largest absolute Gasteiger partial charge is 0.504 e. The van der Waals surface area contributed by atoms with Crippen molar-refractivity contribution < 1.29 is 28.6 Å². The number of carbonyl (C=O) groups is 1. The van der Waals surface area contributed by atoms with E-state index < -0.39 is 11.8 Å². The van der Waals surface area contributed by atoms with Crippen molar-refractivity contribution in [3.63, 3.8) is 0 Å². The molecule has 0 aliphatic rings. The smallest absolute Gasteiger partial charge is 0.340 e. The van der Waals surface area contributed by atoms with Crippen molar-refractivity contribution in [2.45, 2.75) is 0 Å². The molecule has 2 N–H and O–H groups in total. The second-order valence-corrected chi connectivity index (χ2v) is 4.64. The Labute approximate surface area is 124 Å². The fourth-order valence-corrected chi connectivity index (χ4v) is 2.29. The van der Waals surface area contributed by atoms with E-state index in [0.29, 0.717) is 5.56 Å². The van der Waals surface area contributed by atoms with Gasteiger partial charge in [-0.15, -0.1) is 0 Å². The second-order valence-electron chi connectivity index (χ2n) is 4.64. The van der Waals surface area contributed by atoms with Crippen LogP contribution in [0.5, 0.6) is 11.5 Å². The zero-order valence-electron chi connectivity index (χ0n) is 11.5. The van der Waals surface area contributed by atoms with E-state index in [4.69, 9.17) is 9.15 Å². The van der Waals surface area contributed by atoms with Crippen molar-refractivity contribution in [1.29, 1.82) is 0 Å². The lowest BCUT2D eigenvalue weighted by Crippen LogP contribution is -1.97. The molecular formula is C16H11FO5. The summed E-state index contributed by atoms with van der Waals surface area (Å²) in [7, 11) is 1.38. The summed E-state index contributed by atoms with van der Waals surface area (Å²) in [4.78, 5) is 11.6. The number of hydrogen-bond donors (Lipinski definition) is 2. The van der Waals surface area contributed by atoms with Crippen molar-refractivity contribution in [2.24, 2.45) is 0 Å². The van der Waals surface area contributed by atoms with Crippen molar-refractivity contribution in [3.8, 4) is 22.8 Å². The standard InChI is InChI=1S/C16H11FO5/c1-21-13-7-12-10(6-11(13)18)14(16(19)20)15(22-12)8-2-4-9(17)5-3-8/h2-7,18H,1H3,(H,19,20). The van der Waals surface area contributed by atoms with E-state index in [-0.39, 0.29) is 33.8 Å². The summed E-state index contributed by atoms with van der Waals surface area (Å²) in [6, 6.07) is 7.96. The van der Waals surface area contributed by atoms with E-state index in [1.54, 1.807) is 0 Å². The Morgan fingerprint density at radius 1 is 1.23 bits per heavy atom. The predicted octanol–water partition coefficient (Wildman–Crippen LogP) is 3.65. The van der Waals surface area contributed by atoms with Crippen molar-refractivity contribution in [2.75, 3.05) is 7.11 Å². The summed E-state index contributed by atoms with van der Waals surface area (Å²) in [6.45, 7) is 0. The molecule has 112 valence electrons. The highest BCUT2D eigenvalue weighted by molar-refractivity contribution is 6.08. The van der Waals surface area contributed by atoms with E-state index in [9.17, 15) is 19.4 Å². The van der Waals surface area contributed by atoms with Gasteiger partial charge in [-0.2, -0.15) is 0 Å². The fourth-order valence-electron chi connectivity index (χ4n) is 2.29. The number of rotatable bonds is 3. The highest BCUT2D eigenvalue weighted by atomic mass is 19.1. The van der Waals surface area contributed by atoms with Gasteiger partial charge in [0.1, 0.15) is 22.7 Å². The second kappa shape index (κ2) is 5.07. The van der Waals surface area contributed by atoms with E-state index in [1.165, 1.54) is 43.5 Å². The van der Waals surface area contributed by atoms with Crippen molar-refractivity contribution in [1.82, 2.24) is 0 Å². The first-order valence-corrected chi connectivity index (χ1v) is 6.34. The summed E-state index contributed by atoms with van der Waals surface area (Å²) in [6.07, 6.45) is 0. The molecule has 0 aliphatic carbocycles. The Morgan fingerprint density at radius 2 is 1.91 bits per heavy atom. The van der Waals surface area contributed by atoms with E-state index >= 15 is 0 Å². The lowest BCUT2D eigenvalue weighted by Gasteiger charge is -2.02. The summed E-state index contributed by atoms with van der Waals surface area (Å²) < 4.78 is 23.6. The van der Waals surface area contributed by atoms with E-state index in [0.717, 1.165) is 0 Å². The average molecular weight is 302 g/mol. The van der Waals surface area contributed by atoms with Gasteiger partial charge in [-0.3, -0.25) is 0 Å². The Hall–Kier alpha value is -3.02. The molecule has 0 saturated carbocycles. The number of halogens is 1. The Bertz CT molecular complexity index is 864. The lowest BCUT2D eigenvalue weighted by molar-refractivity contribution is 0.0699. The van der Waals surface area contributed by atoms with Crippen LogP contribution in [0.1, 0.15) is 10.4 Å². The van der Waals surface area contributed by atoms with Crippen LogP contribution in [0.15, 0.2) is 40.8 Å². The molecule has 3 rings (SSSR count). The van der Waals surface area contributed by atoms with Crippen LogP contribution < -0.4 is 4.74 Å². The fraction of sp³-hybridized carbons (Fsp3) is 0.0625. The van der Waals surface area contributed by atoms with Gasteiger partial charge in [0.25, 0.3) is 0 Å². The highest BCUT2D eigenvalue weighted by Gasteiger charge is 2.23. The Kier molecular flexibility index (Phi) is 3.21. The summed E-state index contributed by atoms with van der Waals surface area (Å²) in [5.74, 6) is -1.57. The van der Waals surface area contributed by atoms with Crippen LogP contribution in [-0.4, -0.2) is 23.3 Å². The molecule has 0 saturated heterocycles. The first-order valence-electron chi connectivity index (χ1n) is 6.34. The SMILES string of the molecule is COc1cc2oc(-c3ccc(F)cc3)c(C(=O)O)c2cc1O. The third-order valence-corrected chi connectivity index (χ3v) is 3.31. The third kappa shape index (κ3) is 2.14. The number of aromatic hydroxyl groups is 1. The average Bonchev–Trinajstić information content (AvgIpc) is 2.85. The number of ether oxygens (including phenoxy) is 1. The molecule has 22 heavy (non-hydrogen) atoms. The third-order valence-electron chi connectivity index (χ3n) is 3.31. The summed E-state index contributed by atoms with van der Waals surface area (Å²) in [5.41, 5.74) is 0.583. The van der Waals surface area contributed by atoms with Gasteiger partial charge >= 0.3 is 5.97 Å². The maximum absolute atomic E-state index is 13.0. The number of fused-ring (bicyclic) bond motifs is 1. The molecular weight excluding hydrogens is 291 g/mol. The van der Waals surface area contributed by atoms with Gasteiger partial charge in [-0.25, -0.2) is 9.18 Å². The molecule has 6 heteroatoms. The van der Waals surface area contributed by atoms with Crippen molar-refractivity contribution >= 4 is 16.9 Å². The van der Waals surface area contributed by atoms with Crippen LogP contribution in [-0.2, 0) is 0 Å². The molecule has 0 spiro atoms. The van der Waals surface area contributed by atoms with Gasteiger partial charge < -0.3 is 19.4 Å². The van der Waals surface area contributed by atoms with Crippen LogP contribution in [0.3, 0.4) is 0 Å². The van der Waals surface area contributed by atoms with Gasteiger partial charge in [0.2, 0.25) is 0 Å². The molecule has 3 aromatic rings. The van der Waals surface area contributed by atoms with Crippen LogP contribution in [0.25, 0.3) is 22.3 Å². The number of phenolic OH excluding ortho intramolecular Hbond substituents is 1. The lowest BCUT2D eigenvalue weighted by atomic mass is 10.1. The normalized spacial score (nSPS) is 10.8. The first kappa shape index (κ1) is 13.9. The molecule has 0 amide bonds. The van der Waals surface area contributed by atoms with E-state index in [2.05, 4.69) is 0 Å². The molecule has 0 bridgehead atoms. The topological polar surface area (TPSA) is 79.9 Å². The highest BCUT2D eigenvalue weighted by Crippen LogP contribution is 2.39. The van der Waals surface area contributed by atoms with Crippen LogP contribution in [0, 0.1) is 5.82 Å². The number of methoxy groups -OCH3 is 1. The van der Waals surface area contributed by atoms with Crippen molar-refractivity contribution in [3.05, 3.63) is 47.8 Å². The molecule has 1 aromatic heterocycles. The van der Waals surface area contributed by atoms with Gasteiger partial charge in [0.05, 0.1) is 7.11 Å². The molecule has 2 aromatic carbocycles. The number of phenols is 1. The van der Waals surface area contributed by atoms with Gasteiger partial charge in [-0.1, -0.05) is 0 Å². The Balaban J connectivity index is 2.32. The molecule has 0 unspecified atom stereocenters. The predicted molar refractivity (Wildman–Crippen MR) is 76.8 cm³/mol. The minimum Gasteiger partial charge on any atom is -0.504 e. The summed E-state index contributed by atoms with van der Waals surface area (Å²) >= 11 is 0. The number of furan rings is 1. The minimum absolute atomic E-state index is 0.0927. The molecule has 0 radical (unpaired) electrons. The van der Waals surface area contributed by atoms with Gasteiger partial charge in [0.15, 0.2) is 11.5 Å². The van der Waals surface area contributed by atoms with Crippen LogP contribution in [0.2, 0.25) is 0 Å². The monoisotopic (exact) mass is 302 g/mol. The van der Waals surface area contributed by atoms with Gasteiger partial charge in [0, 0.05) is 17.0 Å². The zero-order valence-corrected chi connectivity index (χ0v) is 11.5.